The van der Waals surface area contributed by atoms with Crippen molar-refractivity contribution in [2.45, 2.75) is 6.29 Å². The summed E-state index contributed by atoms with van der Waals surface area (Å²) in [4.78, 5) is 18.5. The van der Waals surface area contributed by atoms with Crippen LogP contribution in [0.25, 0.3) is 0 Å². The molecule has 0 radical (unpaired) electrons. The molecule has 0 unspecified atom stereocenters. The zero-order valence-electron chi connectivity index (χ0n) is 14.3. The Kier molecular flexibility index (Phi) is 4.79. The van der Waals surface area contributed by atoms with Gasteiger partial charge in [-0.25, -0.2) is 4.99 Å². The molecule has 1 aromatic carbocycles. The Morgan fingerprint density at radius 3 is 2.73 bits per heavy atom. The molecule has 0 saturated carbocycles. The molecule has 0 aromatic heterocycles. The highest BCUT2D eigenvalue weighted by molar-refractivity contribution is 6.06. The number of alkyl halides is 2. The molecule has 7 nitrogen and oxygen atoms in total. The molecule has 2 N–H and O–H groups in total. The van der Waals surface area contributed by atoms with E-state index in [1.165, 1.54) is 12.2 Å². The number of nitrogens with zero attached hydrogens (tertiary/aromatic N) is 2. The number of guanidine groups is 1. The number of carbonyl (C=O) groups excluding carboxylic acids is 1. The van der Waals surface area contributed by atoms with Crippen LogP contribution in [0.4, 0.5) is 14.5 Å². The lowest BCUT2D eigenvalue weighted by Gasteiger charge is -2.14. The van der Waals surface area contributed by atoms with Crippen molar-refractivity contribution >= 4 is 17.6 Å². The predicted molar refractivity (Wildman–Crippen MR) is 91.8 cm³/mol. The minimum Gasteiger partial charge on any atom is -0.396 e. The molecule has 3 rings (SSSR count). The smallest absolute Gasteiger partial charge is 0.396 e. The average molecular weight is 364 g/mol. The molecule has 1 fully saturated rings. The fourth-order valence-electron chi connectivity index (χ4n) is 2.37. The van der Waals surface area contributed by atoms with Crippen LogP contribution in [0.15, 0.2) is 52.9 Å². The van der Waals surface area contributed by atoms with E-state index < -0.39 is 6.29 Å². The first kappa shape index (κ1) is 17.7. The van der Waals surface area contributed by atoms with Gasteiger partial charge in [0.25, 0.3) is 5.91 Å². The first-order valence-electron chi connectivity index (χ1n) is 7.88. The van der Waals surface area contributed by atoms with Crippen molar-refractivity contribution in [3.63, 3.8) is 0 Å². The maximum absolute atomic E-state index is 13.1. The number of benzene rings is 1. The molecule has 1 saturated heterocycles. The Morgan fingerprint density at radius 1 is 1.27 bits per heavy atom. The SMILES string of the molecule is CN(C)c1cccc(C(=O)NC2=NC/C=C3/OC(F)(F)O/C3=C/CN2)c1. The Labute approximate surface area is 149 Å². The molecule has 2 aliphatic rings. The van der Waals surface area contributed by atoms with Crippen LogP contribution in [0.5, 0.6) is 0 Å². The summed E-state index contributed by atoms with van der Waals surface area (Å²) < 4.78 is 35.0. The zero-order valence-corrected chi connectivity index (χ0v) is 14.3. The Balaban J connectivity index is 1.70. The van der Waals surface area contributed by atoms with Crippen molar-refractivity contribution in [2.24, 2.45) is 4.99 Å². The third kappa shape index (κ3) is 4.11. The molecule has 0 spiro atoms. The maximum Gasteiger partial charge on any atom is 0.586 e. The molecule has 0 bridgehead atoms. The second-order valence-electron chi connectivity index (χ2n) is 5.77. The molecule has 1 aromatic rings. The zero-order chi connectivity index (χ0) is 18.7. The van der Waals surface area contributed by atoms with Gasteiger partial charge in [-0.2, -0.15) is 0 Å². The average Bonchev–Trinajstić information content (AvgIpc) is 2.91. The predicted octanol–water partition coefficient (Wildman–Crippen LogP) is 1.81. The summed E-state index contributed by atoms with van der Waals surface area (Å²) in [7, 11) is 3.76. The highest BCUT2D eigenvalue weighted by Gasteiger charge is 2.45. The summed E-state index contributed by atoms with van der Waals surface area (Å²) in [5, 5.41) is 5.53. The number of nitrogens with one attached hydrogen (secondary N) is 2. The van der Waals surface area contributed by atoms with E-state index in [1.54, 1.807) is 18.2 Å². The number of amides is 1. The van der Waals surface area contributed by atoms with Crippen LogP contribution in [0.3, 0.4) is 0 Å². The molecule has 1 amide bonds. The Morgan fingerprint density at radius 2 is 2.00 bits per heavy atom. The van der Waals surface area contributed by atoms with Crippen molar-refractivity contribution in [3.05, 3.63) is 53.5 Å². The number of aliphatic imine (C=N–C) groups is 1. The fraction of sp³-hybridized carbons (Fsp3) is 0.294. The molecule has 26 heavy (non-hydrogen) atoms. The number of hydrogen-bond donors (Lipinski definition) is 2. The van der Waals surface area contributed by atoms with Gasteiger partial charge in [0.05, 0.1) is 6.54 Å². The van der Waals surface area contributed by atoms with Crippen LogP contribution in [-0.2, 0) is 9.47 Å². The molecule has 9 heteroatoms. The van der Waals surface area contributed by atoms with Gasteiger partial charge in [-0.15, -0.1) is 8.78 Å². The maximum atomic E-state index is 13.1. The van der Waals surface area contributed by atoms with E-state index in [0.717, 1.165) is 5.69 Å². The number of anilines is 1. The lowest BCUT2D eigenvalue weighted by molar-refractivity contribution is -0.326. The highest BCUT2D eigenvalue weighted by Crippen LogP contribution is 2.36. The lowest BCUT2D eigenvalue weighted by atomic mass is 10.2. The minimum atomic E-state index is -3.67. The third-order valence-electron chi connectivity index (χ3n) is 3.64. The molecule has 0 atom stereocenters. The van der Waals surface area contributed by atoms with E-state index in [4.69, 9.17) is 0 Å². The van der Waals surface area contributed by atoms with E-state index >= 15 is 0 Å². The second kappa shape index (κ2) is 7.03. The Bertz CT molecular complexity index is 803. The van der Waals surface area contributed by atoms with E-state index in [1.807, 2.05) is 25.1 Å². The number of carbonyl (C=O) groups is 1. The van der Waals surface area contributed by atoms with Crippen molar-refractivity contribution in [2.75, 3.05) is 32.1 Å². The molecule has 2 heterocycles. The van der Waals surface area contributed by atoms with Crippen molar-refractivity contribution in [1.29, 1.82) is 0 Å². The van der Waals surface area contributed by atoms with Gasteiger partial charge in [0, 0.05) is 31.9 Å². The van der Waals surface area contributed by atoms with E-state index in [-0.39, 0.29) is 36.5 Å². The lowest BCUT2D eigenvalue weighted by Crippen LogP contribution is -2.41. The summed E-state index contributed by atoms with van der Waals surface area (Å²) in [6.45, 7) is 0.162. The molecular weight excluding hydrogens is 346 g/mol. The van der Waals surface area contributed by atoms with Crippen molar-refractivity contribution < 1.29 is 23.0 Å². The minimum absolute atomic E-state index is 0.0342. The number of ether oxygens (including phenoxy) is 2. The standard InChI is InChI=1S/C17H18F2N4O3/c1-23(2)12-5-3-4-11(10-12)15(24)22-16-20-8-6-13-14(7-9-21-16)26-17(18,19)25-13/h3-7,10H,8-9H2,1-2H3,(H2,20,21,22,24)/b13-6+,14-7+. The summed E-state index contributed by atoms with van der Waals surface area (Å²) in [5.74, 6) is -0.250. The third-order valence-corrected chi connectivity index (χ3v) is 3.64. The number of fused-ring (bicyclic) bond motifs is 1. The fourth-order valence-corrected chi connectivity index (χ4v) is 2.37. The highest BCUT2D eigenvalue weighted by atomic mass is 19.3. The second-order valence-corrected chi connectivity index (χ2v) is 5.77. The van der Waals surface area contributed by atoms with Crippen LogP contribution in [0.2, 0.25) is 0 Å². The molecule has 138 valence electrons. The van der Waals surface area contributed by atoms with Crippen molar-refractivity contribution in [1.82, 2.24) is 10.6 Å². The topological polar surface area (TPSA) is 75.2 Å². The number of rotatable bonds is 2. The summed E-state index contributed by atoms with van der Waals surface area (Å²) in [6, 6.07) is 7.12. The Hall–Kier alpha value is -3.10. The monoisotopic (exact) mass is 364 g/mol. The summed E-state index contributed by atoms with van der Waals surface area (Å²) in [5.41, 5.74) is 1.36. The van der Waals surface area contributed by atoms with Crippen LogP contribution < -0.4 is 15.5 Å². The van der Waals surface area contributed by atoms with Gasteiger partial charge in [0.15, 0.2) is 17.5 Å². The first-order valence-corrected chi connectivity index (χ1v) is 7.88. The molecule has 0 aliphatic carbocycles. The van der Waals surface area contributed by atoms with Gasteiger partial charge in [-0.1, -0.05) is 6.07 Å². The summed E-state index contributed by atoms with van der Waals surface area (Å²) in [6.07, 6.45) is -0.917. The van der Waals surface area contributed by atoms with Crippen LogP contribution in [0.1, 0.15) is 10.4 Å². The van der Waals surface area contributed by atoms with Crippen LogP contribution >= 0.6 is 0 Å². The van der Waals surface area contributed by atoms with Gasteiger partial charge < -0.3 is 19.7 Å². The van der Waals surface area contributed by atoms with Gasteiger partial charge in [-0.3, -0.25) is 10.1 Å². The molecule has 2 aliphatic heterocycles. The van der Waals surface area contributed by atoms with E-state index in [2.05, 4.69) is 25.1 Å². The van der Waals surface area contributed by atoms with Crippen molar-refractivity contribution in [3.8, 4) is 0 Å². The van der Waals surface area contributed by atoms with E-state index in [9.17, 15) is 13.6 Å². The van der Waals surface area contributed by atoms with Gasteiger partial charge in [0.1, 0.15) is 0 Å². The van der Waals surface area contributed by atoms with Gasteiger partial charge >= 0.3 is 6.29 Å². The van der Waals surface area contributed by atoms with Crippen LogP contribution in [-0.4, -0.2) is 45.3 Å². The quantitative estimate of drug-likeness (QED) is 0.837. The largest absolute Gasteiger partial charge is 0.586 e. The number of halogens is 2. The summed E-state index contributed by atoms with van der Waals surface area (Å²) >= 11 is 0. The first-order chi connectivity index (χ1) is 12.3. The van der Waals surface area contributed by atoms with Gasteiger partial charge in [0.2, 0.25) is 0 Å². The van der Waals surface area contributed by atoms with E-state index in [0.29, 0.717) is 5.56 Å². The van der Waals surface area contributed by atoms with Crippen LogP contribution in [0, 0.1) is 0 Å². The normalized spacial score (nSPS) is 22.2. The number of hydrogen-bond acceptors (Lipinski definition) is 6. The molecular formula is C17H18F2N4O3. The van der Waals surface area contributed by atoms with Gasteiger partial charge in [-0.05, 0) is 30.4 Å².